The van der Waals surface area contributed by atoms with Crippen LogP contribution in [-0.4, -0.2) is 46.6 Å². The number of ether oxygens (including phenoxy) is 1. The lowest BCUT2D eigenvalue weighted by Crippen LogP contribution is -2.48. The molecule has 0 aliphatic carbocycles. The van der Waals surface area contributed by atoms with E-state index in [2.05, 4.69) is 15.6 Å². The van der Waals surface area contributed by atoms with E-state index in [1.807, 2.05) is 53.4 Å². The third-order valence-electron chi connectivity index (χ3n) is 4.86. The number of hydrogen-bond acceptors (Lipinski definition) is 5. The van der Waals surface area contributed by atoms with Crippen molar-refractivity contribution in [1.82, 2.24) is 15.2 Å². The lowest BCUT2D eigenvalue weighted by molar-refractivity contribution is -0.134. The highest BCUT2D eigenvalue weighted by atomic mass is 16.6. The van der Waals surface area contributed by atoms with Gasteiger partial charge >= 0.3 is 6.09 Å². The zero-order chi connectivity index (χ0) is 21.6. The van der Waals surface area contributed by atoms with Gasteiger partial charge in [0.1, 0.15) is 17.5 Å². The number of nitrogens with zero attached hydrogens (tertiary/aromatic N) is 2. The lowest BCUT2D eigenvalue weighted by atomic mass is 10.0. The van der Waals surface area contributed by atoms with Gasteiger partial charge in [0.05, 0.1) is 0 Å². The maximum Gasteiger partial charge on any atom is 0.408 e. The van der Waals surface area contributed by atoms with E-state index in [1.165, 1.54) is 0 Å². The number of benzene rings is 1. The highest BCUT2D eigenvalue weighted by molar-refractivity contribution is 5.87. The third-order valence-corrected chi connectivity index (χ3v) is 4.86. The van der Waals surface area contributed by atoms with Crippen molar-refractivity contribution < 1.29 is 14.3 Å². The smallest absolute Gasteiger partial charge is 0.408 e. The Morgan fingerprint density at radius 3 is 2.33 bits per heavy atom. The Morgan fingerprint density at radius 2 is 1.73 bits per heavy atom. The molecule has 1 atom stereocenters. The van der Waals surface area contributed by atoms with Crippen LogP contribution in [0, 0.1) is 0 Å². The zero-order valence-corrected chi connectivity index (χ0v) is 17.8. The summed E-state index contributed by atoms with van der Waals surface area (Å²) in [4.78, 5) is 31.8. The number of rotatable bonds is 5. The number of pyridine rings is 1. The van der Waals surface area contributed by atoms with Gasteiger partial charge < -0.3 is 20.3 Å². The first-order valence-corrected chi connectivity index (χ1v) is 10.3. The van der Waals surface area contributed by atoms with E-state index in [0.29, 0.717) is 13.1 Å². The van der Waals surface area contributed by atoms with E-state index in [1.54, 1.807) is 27.0 Å². The monoisotopic (exact) mass is 410 g/mol. The topological polar surface area (TPSA) is 83.6 Å². The molecular formula is C23H30N4O3. The predicted octanol–water partition coefficient (Wildman–Crippen LogP) is 3.75. The van der Waals surface area contributed by atoms with Crippen LogP contribution in [0.3, 0.4) is 0 Å². The fraction of sp³-hybridized carbons (Fsp3) is 0.435. The molecule has 1 fully saturated rings. The fourth-order valence-electron chi connectivity index (χ4n) is 3.44. The Kier molecular flexibility index (Phi) is 6.92. The summed E-state index contributed by atoms with van der Waals surface area (Å²) in [5, 5.41) is 6.18. The van der Waals surface area contributed by atoms with E-state index in [9.17, 15) is 9.59 Å². The second kappa shape index (κ2) is 9.61. The van der Waals surface area contributed by atoms with Gasteiger partial charge in [-0.3, -0.25) is 4.79 Å². The summed E-state index contributed by atoms with van der Waals surface area (Å²) in [5.41, 5.74) is 0.103. The van der Waals surface area contributed by atoms with E-state index >= 15 is 0 Å². The van der Waals surface area contributed by atoms with E-state index in [0.717, 1.165) is 24.2 Å². The van der Waals surface area contributed by atoms with E-state index in [4.69, 9.17) is 4.74 Å². The van der Waals surface area contributed by atoms with Crippen LogP contribution in [-0.2, 0) is 9.53 Å². The van der Waals surface area contributed by atoms with Crippen molar-refractivity contribution >= 4 is 17.8 Å². The van der Waals surface area contributed by atoms with Crippen LogP contribution >= 0.6 is 0 Å². The highest BCUT2D eigenvalue weighted by Gasteiger charge is 2.31. The molecule has 7 nitrogen and oxygen atoms in total. The minimum Gasteiger partial charge on any atom is -0.444 e. The van der Waals surface area contributed by atoms with Crippen LogP contribution in [0.2, 0.25) is 0 Å². The number of likely N-dealkylation sites (tertiary alicyclic amines) is 1. The second-order valence-electron chi connectivity index (χ2n) is 8.45. The van der Waals surface area contributed by atoms with Gasteiger partial charge in [0.15, 0.2) is 0 Å². The Morgan fingerprint density at radius 1 is 1.07 bits per heavy atom. The van der Waals surface area contributed by atoms with Crippen LogP contribution in [0.15, 0.2) is 54.7 Å². The largest absolute Gasteiger partial charge is 0.444 e. The third kappa shape index (κ3) is 6.20. The molecule has 0 radical (unpaired) electrons. The molecule has 160 valence electrons. The quantitative estimate of drug-likeness (QED) is 0.784. The summed E-state index contributed by atoms with van der Waals surface area (Å²) >= 11 is 0. The standard InChI is InChI=1S/C23H30N4O3/c1-23(2,3)30-22(29)26-20(17-9-5-4-6-10-17)21(28)27-15-12-18(13-16-27)25-19-11-7-8-14-24-19/h4-11,14,18,20H,12-13,15-16H2,1-3H3,(H,24,25)(H,26,29)/t20-/m1/s1. The van der Waals surface area contributed by atoms with Crippen molar-refractivity contribution in [2.45, 2.75) is 51.3 Å². The Labute approximate surface area is 177 Å². The first-order valence-electron chi connectivity index (χ1n) is 10.3. The number of aromatic nitrogens is 1. The summed E-state index contributed by atoms with van der Waals surface area (Å²) in [6, 6.07) is 14.5. The molecule has 0 spiro atoms. The van der Waals surface area contributed by atoms with Crippen molar-refractivity contribution in [1.29, 1.82) is 0 Å². The Balaban J connectivity index is 1.64. The molecule has 3 rings (SSSR count). The predicted molar refractivity (Wildman–Crippen MR) is 116 cm³/mol. The number of hydrogen-bond donors (Lipinski definition) is 2. The molecular weight excluding hydrogens is 380 g/mol. The van der Waals surface area contributed by atoms with Crippen molar-refractivity contribution in [2.75, 3.05) is 18.4 Å². The molecule has 1 aliphatic heterocycles. The van der Waals surface area contributed by atoms with Crippen LogP contribution in [0.5, 0.6) is 0 Å². The second-order valence-corrected chi connectivity index (χ2v) is 8.45. The number of anilines is 1. The lowest BCUT2D eigenvalue weighted by Gasteiger charge is -2.35. The fourth-order valence-corrected chi connectivity index (χ4v) is 3.44. The van der Waals surface area contributed by atoms with Crippen molar-refractivity contribution in [3.05, 3.63) is 60.3 Å². The molecule has 1 aliphatic rings. The van der Waals surface area contributed by atoms with Gasteiger partial charge in [-0.25, -0.2) is 9.78 Å². The van der Waals surface area contributed by atoms with Gasteiger partial charge in [-0.05, 0) is 51.3 Å². The number of carbonyl (C=O) groups is 2. The summed E-state index contributed by atoms with van der Waals surface area (Å²) < 4.78 is 5.37. The number of alkyl carbamates (subject to hydrolysis) is 1. The van der Waals surface area contributed by atoms with Crippen molar-refractivity contribution in [3.63, 3.8) is 0 Å². The molecule has 0 bridgehead atoms. The van der Waals surface area contributed by atoms with Crippen LogP contribution in [0.1, 0.15) is 45.2 Å². The minimum absolute atomic E-state index is 0.122. The van der Waals surface area contributed by atoms with Gasteiger partial charge in [-0.1, -0.05) is 36.4 Å². The van der Waals surface area contributed by atoms with Gasteiger partial charge in [0, 0.05) is 25.3 Å². The molecule has 2 aromatic rings. The molecule has 30 heavy (non-hydrogen) atoms. The van der Waals surface area contributed by atoms with Gasteiger partial charge in [0.2, 0.25) is 5.91 Å². The average Bonchev–Trinajstić information content (AvgIpc) is 2.72. The minimum atomic E-state index is -0.777. The first kappa shape index (κ1) is 21.6. The molecule has 0 unspecified atom stereocenters. The summed E-state index contributed by atoms with van der Waals surface area (Å²) in [5.74, 6) is 0.722. The van der Waals surface area contributed by atoms with Gasteiger partial charge in [-0.2, -0.15) is 0 Å². The van der Waals surface area contributed by atoms with Crippen LogP contribution in [0.25, 0.3) is 0 Å². The SMILES string of the molecule is CC(C)(C)OC(=O)N[C@@H](C(=O)N1CCC(Nc2ccccn2)CC1)c1ccccc1. The summed E-state index contributed by atoms with van der Waals surface area (Å²) in [7, 11) is 0. The molecule has 1 aromatic heterocycles. The van der Waals surface area contributed by atoms with Crippen molar-refractivity contribution in [2.24, 2.45) is 0 Å². The molecule has 1 aromatic carbocycles. The van der Waals surface area contributed by atoms with Gasteiger partial charge in [0.25, 0.3) is 0 Å². The molecule has 0 saturated carbocycles. The van der Waals surface area contributed by atoms with Crippen LogP contribution < -0.4 is 10.6 Å². The Hall–Kier alpha value is -3.09. The van der Waals surface area contributed by atoms with E-state index < -0.39 is 17.7 Å². The summed E-state index contributed by atoms with van der Waals surface area (Å²) in [6.45, 7) is 6.62. The molecule has 2 heterocycles. The molecule has 7 heteroatoms. The number of piperidine rings is 1. The highest BCUT2D eigenvalue weighted by Crippen LogP contribution is 2.21. The Bertz CT molecular complexity index is 829. The summed E-state index contributed by atoms with van der Waals surface area (Å²) in [6.07, 6.45) is 2.79. The zero-order valence-electron chi connectivity index (χ0n) is 17.8. The maximum atomic E-state index is 13.3. The number of carbonyl (C=O) groups excluding carboxylic acids is 2. The number of amides is 2. The molecule has 1 saturated heterocycles. The molecule has 2 N–H and O–H groups in total. The van der Waals surface area contributed by atoms with Crippen molar-refractivity contribution in [3.8, 4) is 0 Å². The van der Waals surface area contributed by atoms with E-state index in [-0.39, 0.29) is 11.9 Å². The van der Waals surface area contributed by atoms with Gasteiger partial charge in [-0.15, -0.1) is 0 Å². The number of nitrogens with one attached hydrogen (secondary N) is 2. The molecule has 2 amide bonds. The average molecular weight is 411 g/mol. The van der Waals surface area contributed by atoms with Crippen LogP contribution in [0.4, 0.5) is 10.6 Å². The maximum absolute atomic E-state index is 13.3. The first-order chi connectivity index (χ1) is 14.3. The normalized spacial score (nSPS) is 15.9.